The van der Waals surface area contributed by atoms with Crippen LogP contribution in [0.25, 0.3) is 11.4 Å². The van der Waals surface area contributed by atoms with E-state index in [4.69, 9.17) is 0 Å². The Hall–Kier alpha value is -1.37. The molecule has 0 radical (unpaired) electrons. The van der Waals surface area contributed by atoms with Crippen molar-refractivity contribution in [2.24, 2.45) is 0 Å². The van der Waals surface area contributed by atoms with Gasteiger partial charge in [0.2, 0.25) is 12.2 Å². The fraction of sp³-hybridized carbons (Fsp3) is 0.111. The molecule has 3 nitrogen and oxygen atoms in total. The first-order valence-corrected chi connectivity index (χ1v) is 4.91. The molecule has 0 fully saturated rings. The molecule has 0 aliphatic carbocycles. The number of rotatable bonds is 1. The second-order valence-electron chi connectivity index (χ2n) is 2.94. The fourth-order valence-corrected chi connectivity index (χ4v) is 1.60. The number of hydrogen-bond donors (Lipinski definition) is 0. The van der Waals surface area contributed by atoms with Crippen molar-refractivity contribution >= 4 is 15.9 Å². The largest absolute Gasteiger partial charge is 0.417 e. The average Bonchev–Trinajstić information content (AvgIpc) is 2.69. The van der Waals surface area contributed by atoms with Gasteiger partial charge in [-0.25, -0.2) is 0 Å². The zero-order valence-electron chi connectivity index (χ0n) is 7.62. The van der Waals surface area contributed by atoms with E-state index in [1.807, 2.05) is 0 Å². The van der Waals surface area contributed by atoms with Crippen LogP contribution in [0.15, 0.2) is 33.6 Å². The highest BCUT2D eigenvalue weighted by atomic mass is 79.9. The molecule has 0 bridgehead atoms. The normalized spacial score (nSPS) is 11.8. The van der Waals surface area contributed by atoms with Gasteiger partial charge in [0, 0.05) is 10.0 Å². The van der Waals surface area contributed by atoms with Crippen molar-refractivity contribution in [2.45, 2.75) is 6.18 Å². The monoisotopic (exact) mass is 292 g/mol. The topological polar surface area (TPSA) is 38.9 Å². The molecule has 84 valence electrons. The van der Waals surface area contributed by atoms with Gasteiger partial charge in [-0.3, -0.25) is 0 Å². The predicted molar refractivity (Wildman–Crippen MR) is 52.4 cm³/mol. The summed E-state index contributed by atoms with van der Waals surface area (Å²) in [5.41, 5.74) is -0.910. The second-order valence-corrected chi connectivity index (χ2v) is 3.86. The van der Waals surface area contributed by atoms with Crippen LogP contribution in [0.4, 0.5) is 13.2 Å². The van der Waals surface area contributed by atoms with Crippen LogP contribution in [0.3, 0.4) is 0 Å². The van der Waals surface area contributed by atoms with E-state index in [-0.39, 0.29) is 11.4 Å². The van der Waals surface area contributed by atoms with E-state index in [2.05, 4.69) is 30.6 Å². The van der Waals surface area contributed by atoms with Gasteiger partial charge >= 0.3 is 6.18 Å². The Morgan fingerprint density at radius 2 is 2.00 bits per heavy atom. The SMILES string of the molecule is FC(F)(F)c1cc(Br)ccc1-c1ncon1. The maximum atomic E-state index is 12.7. The molecule has 0 saturated heterocycles. The molecular weight excluding hydrogens is 289 g/mol. The molecule has 0 N–H and O–H groups in total. The Labute approximate surface area is 96.4 Å². The molecule has 0 atom stereocenters. The molecule has 0 spiro atoms. The molecule has 2 aromatic rings. The van der Waals surface area contributed by atoms with Gasteiger partial charge in [0.15, 0.2) is 0 Å². The standard InChI is InChI=1S/C9H4BrF3N2O/c10-5-1-2-6(8-14-4-16-15-8)7(3-5)9(11,12)13/h1-4H. The minimum Gasteiger partial charge on any atom is -0.342 e. The highest BCUT2D eigenvalue weighted by molar-refractivity contribution is 9.10. The summed E-state index contributed by atoms with van der Waals surface area (Å²) < 4.78 is 42.9. The Kier molecular flexibility index (Phi) is 2.71. The third-order valence-corrected chi connectivity index (χ3v) is 2.38. The Balaban J connectivity index is 2.62. The molecule has 0 aliphatic rings. The van der Waals surface area contributed by atoms with Crippen molar-refractivity contribution in [2.75, 3.05) is 0 Å². The molecule has 0 saturated carbocycles. The first-order valence-electron chi connectivity index (χ1n) is 4.12. The summed E-state index contributed by atoms with van der Waals surface area (Å²) in [5.74, 6) is -0.0835. The Morgan fingerprint density at radius 3 is 2.56 bits per heavy atom. The van der Waals surface area contributed by atoms with Crippen LogP contribution in [0.5, 0.6) is 0 Å². The summed E-state index contributed by atoms with van der Waals surface area (Å²) in [6, 6.07) is 3.75. The average molecular weight is 293 g/mol. The minimum atomic E-state index is -4.46. The van der Waals surface area contributed by atoms with Gasteiger partial charge in [0.25, 0.3) is 0 Å². The van der Waals surface area contributed by atoms with Gasteiger partial charge in [-0.05, 0) is 18.2 Å². The van der Waals surface area contributed by atoms with Crippen molar-refractivity contribution in [1.82, 2.24) is 10.1 Å². The van der Waals surface area contributed by atoms with Crippen LogP contribution in [0.1, 0.15) is 5.56 Å². The second kappa shape index (κ2) is 3.89. The summed E-state index contributed by atoms with van der Waals surface area (Å²) in [5, 5.41) is 3.39. The smallest absolute Gasteiger partial charge is 0.342 e. The molecule has 0 aliphatic heterocycles. The number of nitrogens with zero attached hydrogens (tertiary/aromatic N) is 2. The van der Waals surface area contributed by atoms with Gasteiger partial charge in [-0.15, -0.1) is 0 Å². The van der Waals surface area contributed by atoms with E-state index in [0.717, 1.165) is 12.5 Å². The van der Waals surface area contributed by atoms with Gasteiger partial charge in [0.1, 0.15) is 0 Å². The van der Waals surface area contributed by atoms with Gasteiger partial charge in [-0.2, -0.15) is 18.2 Å². The van der Waals surface area contributed by atoms with E-state index in [9.17, 15) is 13.2 Å². The summed E-state index contributed by atoms with van der Waals surface area (Å²) in [7, 11) is 0. The van der Waals surface area contributed by atoms with Gasteiger partial charge in [0.05, 0.1) is 5.56 Å². The van der Waals surface area contributed by atoms with Gasteiger partial charge in [-0.1, -0.05) is 21.1 Å². The molecule has 1 heterocycles. The highest BCUT2D eigenvalue weighted by Gasteiger charge is 2.34. The molecule has 16 heavy (non-hydrogen) atoms. The Bertz CT molecular complexity index is 496. The third-order valence-electron chi connectivity index (χ3n) is 1.89. The molecule has 2 rings (SSSR count). The Morgan fingerprint density at radius 1 is 1.25 bits per heavy atom. The lowest BCUT2D eigenvalue weighted by atomic mass is 10.1. The lowest BCUT2D eigenvalue weighted by molar-refractivity contribution is -0.137. The first kappa shape index (κ1) is 11.1. The molecule has 7 heteroatoms. The van der Waals surface area contributed by atoms with Crippen molar-refractivity contribution in [1.29, 1.82) is 0 Å². The number of hydrogen-bond acceptors (Lipinski definition) is 3. The third kappa shape index (κ3) is 2.08. The van der Waals surface area contributed by atoms with Crippen LogP contribution < -0.4 is 0 Å². The lowest BCUT2D eigenvalue weighted by Gasteiger charge is -2.10. The molecule has 1 aromatic heterocycles. The lowest BCUT2D eigenvalue weighted by Crippen LogP contribution is -2.07. The van der Waals surface area contributed by atoms with Crippen molar-refractivity contribution in [3.8, 4) is 11.4 Å². The van der Waals surface area contributed by atoms with E-state index in [1.165, 1.54) is 12.1 Å². The van der Waals surface area contributed by atoms with Crippen LogP contribution in [-0.2, 0) is 6.18 Å². The van der Waals surface area contributed by atoms with Crippen molar-refractivity contribution < 1.29 is 17.7 Å². The van der Waals surface area contributed by atoms with E-state index in [1.54, 1.807) is 0 Å². The number of benzene rings is 1. The number of halogens is 4. The molecule has 0 amide bonds. The number of aromatic nitrogens is 2. The summed E-state index contributed by atoms with van der Waals surface area (Å²) in [6.45, 7) is 0. The quantitative estimate of drug-likeness (QED) is 0.807. The predicted octanol–water partition coefficient (Wildman–Crippen LogP) is 3.52. The van der Waals surface area contributed by atoms with E-state index < -0.39 is 11.7 Å². The zero-order valence-corrected chi connectivity index (χ0v) is 9.21. The molecular formula is C9H4BrF3N2O. The van der Waals surface area contributed by atoms with Crippen LogP contribution in [-0.4, -0.2) is 10.1 Å². The van der Waals surface area contributed by atoms with Crippen molar-refractivity contribution in [3.05, 3.63) is 34.6 Å². The summed E-state index contributed by atoms with van der Waals surface area (Å²) >= 11 is 2.99. The molecule has 1 aromatic carbocycles. The number of alkyl halides is 3. The zero-order chi connectivity index (χ0) is 11.8. The summed E-state index contributed by atoms with van der Waals surface area (Å²) in [6.07, 6.45) is -3.47. The highest BCUT2D eigenvalue weighted by Crippen LogP contribution is 2.37. The molecule has 0 unspecified atom stereocenters. The maximum absolute atomic E-state index is 12.7. The summed E-state index contributed by atoms with van der Waals surface area (Å²) in [4.78, 5) is 3.60. The first-order chi connectivity index (χ1) is 7.48. The van der Waals surface area contributed by atoms with E-state index in [0.29, 0.717) is 4.47 Å². The van der Waals surface area contributed by atoms with Crippen molar-refractivity contribution in [3.63, 3.8) is 0 Å². The van der Waals surface area contributed by atoms with Crippen LogP contribution in [0.2, 0.25) is 0 Å². The van der Waals surface area contributed by atoms with Crippen LogP contribution >= 0.6 is 15.9 Å². The van der Waals surface area contributed by atoms with Gasteiger partial charge < -0.3 is 4.52 Å². The fourth-order valence-electron chi connectivity index (χ4n) is 1.24. The minimum absolute atomic E-state index is 0.0835. The maximum Gasteiger partial charge on any atom is 0.417 e. The van der Waals surface area contributed by atoms with E-state index >= 15 is 0 Å². The van der Waals surface area contributed by atoms with Crippen LogP contribution in [0, 0.1) is 0 Å².